The molecule has 1 fully saturated rings. The normalized spacial score (nSPS) is 18.0. The number of carbonyl (C=O) groups is 1. The first-order chi connectivity index (χ1) is 9.12. The van der Waals surface area contributed by atoms with E-state index in [1.54, 1.807) is 7.11 Å². The Hall–Kier alpha value is -0.460. The summed E-state index contributed by atoms with van der Waals surface area (Å²) in [6.45, 7) is 1.78. The summed E-state index contributed by atoms with van der Waals surface area (Å²) in [4.78, 5) is 11.3. The lowest BCUT2D eigenvalue weighted by Crippen LogP contribution is -2.19. The molecule has 1 saturated carbocycles. The van der Waals surface area contributed by atoms with Crippen LogP contribution < -0.4 is 0 Å². The molecule has 0 N–H and O–H groups in total. The third-order valence-electron chi connectivity index (χ3n) is 3.26. The molecule has 0 amide bonds. The summed E-state index contributed by atoms with van der Waals surface area (Å²) in [5, 5.41) is 0. The molecule has 0 heterocycles. The molecule has 0 bridgehead atoms. The van der Waals surface area contributed by atoms with Crippen molar-refractivity contribution in [1.82, 2.24) is 0 Å². The highest BCUT2D eigenvalue weighted by atomic mass is 32.2. The minimum atomic E-state index is -0.872. The molecule has 1 aliphatic rings. The number of esters is 1. The average molecular weight is 292 g/mol. The SMILES string of the molecule is COCCOCCCS(=O)CC1(CC(=O)OC)CC1. The van der Waals surface area contributed by atoms with Gasteiger partial charge in [-0.15, -0.1) is 0 Å². The quantitative estimate of drug-likeness (QED) is 0.422. The molecule has 19 heavy (non-hydrogen) atoms. The van der Waals surface area contributed by atoms with Crippen LogP contribution in [0.1, 0.15) is 25.7 Å². The fourth-order valence-corrected chi connectivity index (χ4v) is 3.57. The molecule has 0 aromatic heterocycles. The Balaban J connectivity index is 2.09. The van der Waals surface area contributed by atoms with Crippen LogP contribution in [0.3, 0.4) is 0 Å². The fourth-order valence-electron chi connectivity index (χ4n) is 1.91. The van der Waals surface area contributed by atoms with E-state index >= 15 is 0 Å². The number of rotatable bonds is 11. The molecule has 112 valence electrons. The van der Waals surface area contributed by atoms with Gasteiger partial charge in [-0.05, 0) is 24.7 Å². The summed E-state index contributed by atoms with van der Waals surface area (Å²) < 4.78 is 26.8. The van der Waals surface area contributed by atoms with Gasteiger partial charge in [-0.25, -0.2) is 0 Å². The fraction of sp³-hybridized carbons (Fsp3) is 0.923. The standard InChI is InChI=1S/C13H24O5S/c1-16-7-8-18-6-3-9-19(15)11-13(4-5-13)10-12(14)17-2/h3-11H2,1-2H3. The Morgan fingerprint density at radius 1 is 1.21 bits per heavy atom. The highest BCUT2D eigenvalue weighted by Gasteiger charge is 2.45. The van der Waals surface area contributed by atoms with Crippen LogP contribution in [-0.4, -0.2) is 55.7 Å². The molecule has 0 saturated heterocycles. The number of carbonyl (C=O) groups excluding carboxylic acids is 1. The van der Waals surface area contributed by atoms with Gasteiger partial charge in [0, 0.05) is 36.0 Å². The number of hydrogen-bond donors (Lipinski definition) is 0. The Kier molecular flexibility index (Phi) is 7.56. The van der Waals surface area contributed by atoms with E-state index in [9.17, 15) is 9.00 Å². The van der Waals surface area contributed by atoms with E-state index in [4.69, 9.17) is 9.47 Å². The number of ether oxygens (including phenoxy) is 3. The van der Waals surface area contributed by atoms with Gasteiger partial charge < -0.3 is 14.2 Å². The van der Waals surface area contributed by atoms with Crippen LogP contribution >= 0.6 is 0 Å². The summed E-state index contributed by atoms with van der Waals surface area (Å²) >= 11 is 0. The van der Waals surface area contributed by atoms with Crippen LogP contribution in [0, 0.1) is 5.41 Å². The van der Waals surface area contributed by atoms with Gasteiger partial charge in [0.2, 0.25) is 0 Å². The molecular formula is C13H24O5S. The maximum absolute atomic E-state index is 11.9. The molecule has 0 radical (unpaired) electrons. The minimum absolute atomic E-state index is 0.0468. The van der Waals surface area contributed by atoms with E-state index in [0.29, 0.717) is 37.7 Å². The number of hydrogen-bond acceptors (Lipinski definition) is 5. The lowest BCUT2D eigenvalue weighted by atomic mass is 10.1. The molecule has 1 unspecified atom stereocenters. The molecule has 1 aliphatic carbocycles. The van der Waals surface area contributed by atoms with E-state index in [-0.39, 0.29) is 11.4 Å². The molecular weight excluding hydrogens is 268 g/mol. The van der Waals surface area contributed by atoms with Crippen LogP contribution in [0.25, 0.3) is 0 Å². The topological polar surface area (TPSA) is 61.8 Å². The van der Waals surface area contributed by atoms with Crippen molar-refractivity contribution in [1.29, 1.82) is 0 Å². The Morgan fingerprint density at radius 2 is 1.95 bits per heavy atom. The summed E-state index contributed by atoms with van der Waals surface area (Å²) in [5.74, 6) is 1.05. The van der Waals surface area contributed by atoms with Crippen molar-refractivity contribution in [3.8, 4) is 0 Å². The highest BCUT2D eigenvalue weighted by molar-refractivity contribution is 7.85. The Labute approximate surface area is 117 Å². The van der Waals surface area contributed by atoms with Crippen LogP contribution in [0.5, 0.6) is 0 Å². The van der Waals surface area contributed by atoms with Gasteiger partial charge in [0.15, 0.2) is 0 Å². The van der Waals surface area contributed by atoms with Gasteiger partial charge in [0.1, 0.15) is 0 Å². The Bertz CT molecular complexity index is 301. The zero-order valence-electron chi connectivity index (χ0n) is 11.8. The summed E-state index contributed by atoms with van der Waals surface area (Å²) in [7, 11) is 2.16. The van der Waals surface area contributed by atoms with Crippen LogP contribution in [-0.2, 0) is 29.8 Å². The second-order valence-electron chi connectivity index (χ2n) is 5.00. The van der Waals surface area contributed by atoms with Crippen LogP contribution in [0.15, 0.2) is 0 Å². The number of methoxy groups -OCH3 is 2. The summed E-state index contributed by atoms with van der Waals surface area (Å²) in [5.41, 5.74) is -0.0468. The predicted octanol–water partition coefficient (Wildman–Crippen LogP) is 1.13. The van der Waals surface area contributed by atoms with E-state index in [2.05, 4.69) is 4.74 Å². The molecule has 6 heteroatoms. The van der Waals surface area contributed by atoms with Crippen molar-refractivity contribution < 1.29 is 23.2 Å². The minimum Gasteiger partial charge on any atom is -0.469 e. The van der Waals surface area contributed by atoms with Gasteiger partial charge in [0.25, 0.3) is 0 Å². The van der Waals surface area contributed by atoms with Crippen molar-refractivity contribution in [3.05, 3.63) is 0 Å². The monoisotopic (exact) mass is 292 g/mol. The molecule has 1 atom stereocenters. The lowest BCUT2D eigenvalue weighted by molar-refractivity contribution is -0.141. The maximum Gasteiger partial charge on any atom is 0.306 e. The molecule has 0 spiro atoms. The van der Waals surface area contributed by atoms with Gasteiger partial charge in [-0.2, -0.15) is 0 Å². The van der Waals surface area contributed by atoms with Crippen molar-refractivity contribution in [2.75, 3.05) is 45.5 Å². The second kappa shape index (κ2) is 8.66. The van der Waals surface area contributed by atoms with Crippen molar-refractivity contribution in [2.45, 2.75) is 25.7 Å². The smallest absolute Gasteiger partial charge is 0.306 e. The molecule has 0 aromatic rings. The van der Waals surface area contributed by atoms with E-state index in [1.807, 2.05) is 0 Å². The molecule has 1 rings (SSSR count). The van der Waals surface area contributed by atoms with Crippen molar-refractivity contribution in [3.63, 3.8) is 0 Å². The van der Waals surface area contributed by atoms with Gasteiger partial charge in [-0.3, -0.25) is 9.00 Å². The zero-order valence-corrected chi connectivity index (χ0v) is 12.6. The summed E-state index contributed by atoms with van der Waals surface area (Å²) in [6, 6.07) is 0. The lowest BCUT2D eigenvalue weighted by Gasteiger charge is -2.13. The van der Waals surface area contributed by atoms with Crippen molar-refractivity contribution >= 4 is 16.8 Å². The van der Waals surface area contributed by atoms with Gasteiger partial charge in [-0.1, -0.05) is 0 Å². The third-order valence-corrected chi connectivity index (χ3v) is 4.94. The van der Waals surface area contributed by atoms with Crippen molar-refractivity contribution in [2.24, 2.45) is 5.41 Å². The summed E-state index contributed by atoms with van der Waals surface area (Å²) in [6.07, 6.45) is 3.15. The molecule has 5 nitrogen and oxygen atoms in total. The first-order valence-electron chi connectivity index (χ1n) is 6.60. The van der Waals surface area contributed by atoms with Crippen LogP contribution in [0.2, 0.25) is 0 Å². The molecule has 0 aliphatic heterocycles. The van der Waals surface area contributed by atoms with Gasteiger partial charge in [0.05, 0.1) is 26.7 Å². The Morgan fingerprint density at radius 3 is 2.53 bits per heavy atom. The highest BCUT2D eigenvalue weighted by Crippen LogP contribution is 2.49. The predicted molar refractivity (Wildman–Crippen MR) is 73.5 cm³/mol. The van der Waals surface area contributed by atoms with E-state index < -0.39 is 10.8 Å². The zero-order chi connectivity index (χ0) is 14.1. The maximum atomic E-state index is 11.9. The third kappa shape index (κ3) is 7.03. The van der Waals surface area contributed by atoms with E-state index in [1.165, 1.54) is 7.11 Å². The first kappa shape index (κ1) is 16.6. The molecule has 0 aromatic carbocycles. The second-order valence-corrected chi connectivity index (χ2v) is 6.58. The first-order valence-corrected chi connectivity index (χ1v) is 8.09. The average Bonchev–Trinajstić information content (AvgIpc) is 3.12. The van der Waals surface area contributed by atoms with Crippen LogP contribution in [0.4, 0.5) is 0 Å². The van der Waals surface area contributed by atoms with E-state index in [0.717, 1.165) is 19.3 Å². The largest absolute Gasteiger partial charge is 0.469 e. The van der Waals surface area contributed by atoms with Gasteiger partial charge >= 0.3 is 5.97 Å².